The van der Waals surface area contributed by atoms with Crippen molar-refractivity contribution in [1.82, 2.24) is 9.78 Å². The minimum atomic E-state index is -0.543. The fourth-order valence-electron chi connectivity index (χ4n) is 1.40. The number of carbonyl (C=O) groups is 1. The highest BCUT2D eigenvalue weighted by Gasteiger charge is 2.22. The number of ether oxygens (including phenoxy) is 1. The third-order valence-corrected chi connectivity index (χ3v) is 2.88. The summed E-state index contributed by atoms with van der Waals surface area (Å²) in [5, 5.41) is 4.08. The molecular formula is C10H16BrN3O2. The van der Waals surface area contributed by atoms with Crippen LogP contribution in [0.3, 0.4) is 0 Å². The highest BCUT2D eigenvalue weighted by atomic mass is 79.9. The zero-order valence-corrected chi connectivity index (χ0v) is 11.0. The number of hydrogen-bond donors (Lipinski definition) is 1. The second-order valence-electron chi connectivity index (χ2n) is 3.41. The summed E-state index contributed by atoms with van der Waals surface area (Å²) in [6.07, 6.45) is 2.12. The van der Waals surface area contributed by atoms with Crippen LogP contribution in [0.4, 0.5) is 0 Å². The predicted octanol–water partition coefficient (Wildman–Crippen LogP) is 1.21. The molecule has 1 unspecified atom stereocenters. The Morgan fingerprint density at radius 1 is 1.75 bits per heavy atom. The molecule has 1 heterocycles. The zero-order chi connectivity index (χ0) is 12.1. The number of halogens is 1. The Bertz CT molecular complexity index is 365. The summed E-state index contributed by atoms with van der Waals surface area (Å²) in [7, 11) is 1.59. The van der Waals surface area contributed by atoms with Gasteiger partial charge in [-0.05, 0) is 29.3 Å². The molecule has 0 amide bonds. The maximum absolute atomic E-state index is 12.0. The van der Waals surface area contributed by atoms with Gasteiger partial charge in [0.1, 0.15) is 5.69 Å². The van der Waals surface area contributed by atoms with Gasteiger partial charge in [-0.2, -0.15) is 5.10 Å². The lowest BCUT2D eigenvalue weighted by Gasteiger charge is -2.11. The fourth-order valence-corrected chi connectivity index (χ4v) is 1.89. The summed E-state index contributed by atoms with van der Waals surface area (Å²) in [5.41, 5.74) is 6.33. The van der Waals surface area contributed by atoms with E-state index in [4.69, 9.17) is 10.5 Å². The van der Waals surface area contributed by atoms with E-state index in [1.165, 1.54) is 0 Å². The van der Waals surface area contributed by atoms with Gasteiger partial charge >= 0.3 is 0 Å². The molecule has 5 nitrogen and oxygen atoms in total. The van der Waals surface area contributed by atoms with E-state index in [1.54, 1.807) is 18.0 Å². The van der Waals surface area contributed by atoms with E-state index < -0.39 is 6.04 Å². The van der Waals surface area contributed by atoms with Gasteiger partial charge in [-0.1, -0.05) is 0 Å². The number of ketones is 1. The monoisotopic (exact) mass is 289 g/mol. The number of hydrogen-bond acceptors (Lipinski definition) is 4. The topological polar surface area (TPSA) is 70.1 Å². The lowest BCUT2D eigenvalue weighted by molar-refractivity contribution is 0.0924. The van der Waals surface area contributed by atoms with Gasteiger partial charge in [-0.25, -0.2) is 0 Å². The van der Waals surface area contributed by atoms with Crippen LogP contribution in [0, 0.1) is 0 Å². The minimum absolute atomic E-state index is 0.108. The smallest absolute Gasteiger partial charge is 0.198 e. The summed E-state index contributed by atoms with van der Waals surface area (Å²) in [6.45, 7) is 3.05. The van der Waals surface area contributed by atoms with Gasteiger partial charge in [-0.15, -0.1) is 0 Å². The fraction of sp³-hybridized carbons (Fsp3) is 0.600. The molecule has 0 aliphatic heterocycles. The molecule has 0 aliphatic carbocycles. The van der Waals surface area contributed by atoms with Gasteiger partial charge in [0.25, 0.3) is 0 Å². The number of Topliss-reactive ketones (excluding diaryl/α,β-unsaturated/α-hetero) is 1. The standard InChI is InChI=1S/C10H16BrN3O2/c1-3-14-9(7(11)6-13-14)10(15)8(12)4-5-16-2/h6,8H,3-5,12H2,1-2H3. The first-order chi connectivity index (χ1) is 7.61. The largest absolute Gasteiger partial charge is 0.385 e. The van der Waals surface area contributed by atoms with E-state index in [9.17, 15) is 4.79 Å². The van der Waals surface area contributed by atoms with Crippen LogP contribution >= 0.6 is 15.9 Å². The minimum Gasteiger partial charge on any atom is -0.385 e. The van der Waals surface area contributed by atoms with Crippen LogP contribution in [-0.4, -0.2) is 35.3 Å². The Morgan fingerprint density at radius 3 is 3.00 bits per heavy atom. The quantitative estimate of drug-likeness (QED) is 0.800. The van der Waals surface area contributed by atoms with Gasteiger partial charge < -0.3 is 10.5 Å². The first kappa shape index (κ1) is 13.3. The van der Waals surface area contributed by atoms with E-state index in [0.29, 0.717) is 29.7 Å². The molecule has 0 spiro atoms. The Kier molecular flexibility index (Phi) is 5.11. The van der Waals surface area contributed by atoms with Crippen LogP contribution in [0.2, 0.25) is 0 Å². The van der Waals surface area contributed by atoms with Crippen molar-refractivity contribution in [3.63, 3.8) is 0 Å². The Hall–Kier alpha value is -0.720. The van der Waals surface area contributed by atoms with Gasteiger partial charge in [0, 0.05) is 20.3 Å². The van der Waals surface area contributed by atoms with Crippen molar-refractivity contribution in [2.24, 2.45) is 5.73 Å². The number of aryl methyl sites for hydroxylation is 1. The number of methoxy groups -OCH3 is 1. The Balaban J connectivity index is 2.82. The van der Waals surface area contributed by atoms with Crippen LogP contribution in [0.15, 0.2) is 10.7 Å². The molecule has 1 aromatic rings. The van der Waals surface area contributed by atoms with E-state index in [-0.39, 0.29) is 5.78 Å². The molecule has 16 heavy (non-hydrogen) atoms. The van der Waals surface area contributed by atoms with Crippen molar-refractivity contribution >= 4 is 21.7 Å². The molecule has 0 aromatic carbocycles. The van der Waals surface area contributed by atoms with Gasteiger partial charge in [0.05, 0.1) is 16.7 Å². The van der Waals surface area contributed by atoms with E-state index >= 15 is 0 Å². The molecular weight excluding hydrogens is 274 g/mol. The van der Waals surface area contributed by atoms with Crippen LogP contribution in [0.1, 0.15) is 23.8 Å². The lowest BCUT2D eigenvalue weighted by Crippen LogP contribution is -2.33. The van der Waals surface area contributed by atoms with Crippen molar-refractivity contribution in [2.75, 3.05) is 13.7 Å². The maximum Gasteiger partial charge on any atom is 0.198 e. The van der Waals surface area contributed by atoms with Crippen molar-refractivity contribution < 1.29 is 9.53 Å². The van der Waals surface area contributed by atoms with Gasteiger partial charge in [0.2, 0.25) is 0 Å². The molecule has 1 atom stereocenters. The van der Waals surface area contributed by atoms with Gasteiger partial charge in [-0.3, -0.25) is 9.48 Å². The molecule has 0 bridgehead atoms. The highest BCUT2D eigenvalue weighted by molar-refractivity contribution is 9.10. The second kappa shape index (κ2) is 6.12. The molecule has 1 aromatic heterocycles. The number of aromatic nitrogens is 2. The molecule has 0 aliphatic rings. The summed E-state index contributed by atoms with van der Waals surface area (Å²) < 4.78 is 7.23. The summed E-state index contributed by atoms with van der Waals surface area (Å²) in [4.78, 5) is 12.0. The van der Waals surface area contributed by atoms with Crippen LogP contribution in [0.5, 0.6) is 0 Å². The maximum atomic E-state index is 12.0. The van der Waals surface area contributed by atoms with E-state index in [1.807, 2.05) is 6.92 Å². The molecule has 2 N–H and O–H groups in total. The van der Waals surface area contributed by atoms with Crippen molar-refractivity contribution in [2.45, 2.75) is 25.9 Å². The number of nitrogens with zero attached hydrogens (tertiary/aromatic N) is 2. The number of nitrogens with two attached hydrogens (primary N) is 1. The Labute approximate surface area is 103 Å². The van der Waals surface area contributed by atoms with E-state index in [2.05, 4.69) is 21.0 Å². The number of carbonyl (C=O) groups excluding carboxylic acids is 1. The molecule has 0 saturated heterocycles. The van der Waals surface area contributed by atoms with Crippen molar-refractivity contribution in [1.29, 1.82) is 0 Å². The third kappa shape index (κ3) is 2.90. The second-order valence-corrected chi connectivity index (χ2v) is 4.26. The van der Waals surface area contributed by atoms with Crippen LogP contribution < -0.4 is 5.73 Å². The summed E-state index contributed by atoms with van der Waals surface area (Å²) in [5.74, 6) is -0.108. The molecule has 0 fully saturated rings. The predicted molar refractivity (Wildman–Crippen MR) is 64.4 cm³/mol. The molecule has 6 heteroatoms. The zero-order valence-electron chi connectivity index (χ0n) is 9.44. The van der Waals surface area contributed by atoms with Gasteiger partial charge in [0.15, 0.2) is 5.78 Å². The van der Waals surface area contributed by atoms with E-state index in [0.717, 1.165) is 0 Å². The Morgan fingerprint density at radius 2 is 2.44 bits per heavy atom. The number of rotatable bonds is 6. The normalized spacial score (nSPS) is 12.8. The SMILES string of the molecule is CCn1ncc(Br)c1C(=O)C(N)CCOC. The molecule has 1 rings (SSSR count). The van der Waals surface area contributed by atoms with Crippen LogP contribution in [0.25, 0.3) is 0 Å². The first-order valence-corrected chi connectivity index (χ1v) is 5.91. The molecule has 0 radical (unpaired) electrons. The van der Waals surface area contributed by atoms with Crippen molar-refractivity contribution in [3.8, 4) is 0 Å². The van der Waals surface area contributed by atoms with Crippen molar-refractivity contribution in [3.05, 3.63) is 16.4 Å². The lowest BCUT2D eigenvalue weighted by atomic mass is 10.1. The molecule has 90 valence electrons. The third-order valence-electron chi connectivity index (χ3n) is 2.30. The highest BCUT2D eigenvalue weighted by Crippen LogP contribution is 2.18. The summed E-state index contributed by atoms with van der Waals surface area (Å²) in [6, 6.07) is -0.543. The van der Waals surface area contributed by atoms with Crippen LogP contribution in [-0.2, 0) is 11.3 Å². The summed E-state index contributed by atoms with van der Waals surface area (Å²) >= 11 is 3.30. The molecule has 0 saturated carbocycles. The first-order valence-electron chi connectivity index (χ1n) is 5.11. The average molecular weight is 290 g/mol. The average Bonchev–Trinajstić information content (AvgIpc) is 2.66.